The van der Waals surface area contributed by atoms with Crippen molar-refractivity contribution in [2.45, 2.75) is 63.2 Å². The van der Waals surface area contributed by atoms with Gasteiger partial charge in [-0.3, -0.25) is 18.3 Å². The predicted molar refractivity (Wildman–Crippen MR) is 244 cm³/mol. The first-order valence-electron chi connectivity index (χ1n) is 20.5. The first kappa shape index (κ1) is 51.7. The number of hydrogen-bond acceptors (Lipinski definition) is 16. The molecule has 0 radical (unpaired) electrons. The monoisotopic (exact) mass is 968 g/mol. The molecule has 16 nitrogen and oxygen atoms in total. The summed E-state index contributed by atoms with van der Waals surface area (Å²) in [6.45, 7) is 4.53. The van der Waals surface area contributed by atoms with Gasteiger partial charge in [-0.05, 0) is 68.5 Å². The molecule has 0 aliphatic heterocycles. The predicted octanol–water partition coefficient (Wildman–Crippen LogP) is 11.3. The van der Waals surface area contributed by atoms with Gasteiger partial charge in [-0.1, -0.05) is 74.5 Å². The van der Waals surface area contributed by atoms with E-state index in [4.69, 9.17) is 45.7 Å². The lowest BCUT2D eigenvalue weighted by atomic mass is 9.90. The van der Waals surface area contributed by atoms with Gasteiger partial charge < -0.3 is 55.9 Å². The molecule has 0 spiro atoms. The number of benzene rings is 4. The normalized spacial score (nSPS) is 13.7. The van der Waals surface area contributed by atoms with Crippen LogP contribution in [0.4, 0.5) is 0 Å². The highest BCUT2D eigenvalue weighted by Gasteiger charge is 2.52. The maximum Gasteiger partial charge on any atom is 0.349 e. The Morgan fingerprint density at radius 1 is 0.438 bits per heavy atom. The Morgan fingerprint density at radius 2 is 0.672 bits per heavy atom. The quantitative estimate of drug-likeness (QED) is 0.0697. The van der Waals surface area contributed by atoms with Gasteiger partial charge in [-0.25, -0.2) is 0 Å². The molecule has 0 saturated carbocycles. The third-order valence-corrected chi connectivity index (χ3v) is 22.2. The van der Waals surface area contributed by atoms with E-state index < -0.39 is 41.2 Å². The van der Waals surface area contributed by atoms with E-state index in [1.165, 1.54) is 56.9 Å². The number of phenolic OH excluding ortho intramolecular Hbond substituents is 2. The third kappa shape index (κ3) is 10.5. The van der Waals surface area contributed by atoms with Crippen molar-refractivity contribution in [3.8, 4) is 23.0 Å². The van der Waals surface area contributed by atoms with Gasteiger partial charge in [0.25, 0.3) is 0 Å². The van der Waals surface area contributed by atoms with Gasteiger partial charge in [-0.15, -0.1) is 0 Å². The molecule has 0 atom stereocenters. The van der Waals surface area contributed by atoms with Crippen LogP contribution < -0.4 is 9.47 Å². The van der Waals surface area contributed by atoms with Crippen molar-refractivity contribution < 1.29 is 74.1 Å². The van der Waals surface area contributed by atoms with Crippen molar-refractivity contribution in [1.29, 1.82) is 0 Å². The molecular weight excluding hydrogens is 908 g/mol. The topological polar surface area (TPSA) is 201 Å². The molecule has 0 fully saturated rings. The Bertz CT molecular complexity index is 2130. The molecule has 5 rings (SSSR count). The first-order valence-corrected chi connectivity index (χ1v) is 27.0. The van der Waals surface area contributed by atoms with Gasteiger partial charge in [-0.2, -0.15) is 0 Å². The number of fused-ring (bicyclic) bond motifs is 8. The lowest BCUT2D eigenvalue weighted by molar-refractivity contribution is 0.245. The Hall–Kier alpha value is -3.32. The maximum atomic E-state index is 14.4. The van der Waals surface area contributed by atoms with Crippen LogP contribution in [0.2, 0.25) is 0 Å². The molecule has 4 aromatic carbocycles. The van der Waals surface area contributed by atoms with Crippen LogP contribution in [-0.2, 0) is 80.1 Å². The van der Waals surface area contributed by atoms with E-state index >= 15 is 0 Å². The molecule has 0 amide bonds. The van der Waals surface area contributed by atoms with E-state index in [9.17, 15) is 28.5 Å². The smallest absolute Gasteiger partial charge is 0.349 e. The second kappa shape index (κ2) is 22.0. The Kier molecular flexibility index (Phi) is 17.7. The summed E-state index contributed by atoms with van der Waals surface area (Å²) in [5, 5.41) is 21.4. The SMILES string of the molecule is CCCOc1c2cccc1Cc1cc(C(P(=O)(OC)OC)P(=O)(OC)OC)cc(c1O)Cc1cccc(c1OCCC)Cc1cc(C(P(=O)(OC)OC)P(=O)(OC)OC)cc(c1O)C2. The fraction of sp³-hybridized carbons (Fsp3) is 0.455. The molecule has 1 aliphatic carbocycles. The van der Waals surface area contributed by atoms with Crippen LogP contribution in [0.1, 0.15) is 93.1 Å². The van der Waals surface area contributed by atoms with Gasteiger partial charge in [0.2, 0.25) is 0 Å². The van der Waals surface area contributed by atoms with Crippen LogP contribution >= 0.6 is 30.4 Å². The molecule has 2 N–H and O–H groups in total. The summed E-state index contributed by atoms with van der Waals surface area (Å²) in [5.41, 5.74) is 4.35. The summed E-state index contributed by atoms with van der Waals surface area (Å²) in [7, 11) is -7.61. The highest BCUT2D eigenvalue weighted by molar-refractivity contribution is 7.72. The van der Waals surface area contributed by atoms with Gasteiger partial charge in [0.1, 0.15) is 23.0 Å². The maximum absolute atomic E-state index is 14.4. The molecule has 0 saturated heterocycles. The van der Waals surface area contributed by atoms with Gasteiger partial charge >= 0.3 is 30.4 Å². The van der Waals surface area contributed by atoms with E-state index in [0.717, 1.165) is 0 Å². The van der Waals surface area contributed by atoms with Crippen LogP contribution in [0.25, 0.3) is 0 Å². The van der Waals surface area contributed by atoms with Crippen molar-refractivity contribution in [2.24, 2.45) is 0 Å². The summed E-state index contributed by atoms with van der Waals surface area (Å²) in [5.74, 6) is 0.756. The highest BCUT2D eigenvalue weighted by atomic mass is 31.2. The molecule has 0 unspecified atom stereocenters. The van der Waals surface area contributed by atoms with E-state index in [1.807, 2.05) is 50.2 Å². The number of phenols is 2. The standard InChI is InChI=1S/C44H60O16P4/c1-11-19-59-41-29-15-13-16-30(41)22-34-26-38(44(63(49,55-7)56-8)64(50,57-9)58-10)28-36(40(34)46)24-32-18-14-17-31(42(32)60-20-12-2)23-35-27-37(25-33(21-29)39(35)45)43(61(47,51-3)52-4)62(48,53-5)54-6/h13-18,25-28,43-46H,11-12,19-24H2,1-10H3. The minimum atomic E-state index is -4.27. The summed E-state index contributed by atoms with van der Waals surface area (Å²) in [4.78, 5) is 0. The number of aromatic hydroxyl groups is 2. The van der Waals surface area contributed by atoms with Crippen LogP contribution in [0.5, 0.6) is 23.0 Å². The van der Waals surface area contributed by atoms with Crippen LogP contribution in [0.15, 0.2) is 60.7 Å². The molecule has 1 aliphatic rings. The molecule has 64 heavy (non-hydrogen) atoms. The lowest BCUT2D eigenvalue weighted by Crippen LogP contribution is -2.11. The summed E-state index contributed by atoms with van der Waals surface area (Å²) in [6.07, 6.45) is 1.49. The van der Waals surface area contributed by atoms with Crippen LogP contribution in [-0.4, -0.2) is 80.3 Å². The fourth-order valence-electron chi connectivity index (χ4n) is 8.02. The van der Waals surface area contributed by atoms with E-state index in [2.05, 4.69) is 0 Å². The van der Waals surface area contributed by atoms with Gasteiger partial charge in [0.05, 0.1) is 13.2 Å². The van der Waals surface area contributed by atoms with Crippen molar-refractivity contribution in [1.82, 2.24) is 0 Å². The average Bonchev–Trinajstić information content (AvgIpc) is 3.30. The third-order valence-electron chi connectivity index (χ3n) is 11.2. The molecule has 0 heterocycles. The molecule has 20 heteroatoms. The molecule has 352 valence electrons. The molecule has 0 aromatic heterocycles. The Labute approximate surface area is 375 Å². The minimum Gasteiger partial charge on any atom is -0.507 e. The minimum absolute atomic E-state index is 0.0507. The number of ether oxygens (including phenoxy) is 2. The zero-order valence-electron chi connectivity index (χ0n) is 38.0. The van der Waals surface area contributed by atoms with Crippen molar-refractivity contribution in [3.05, 3.63) is 116 Å². The second-order valence-corrected chi connectivity index (χ2v) is 25.1. The highest BCUT2D eigenvalue weighted by Crippen LogP contribution is 2.79. The van der Waals surface area contributed by atoms with E-state index in [-0.39, 0.29) is 48.3 Å². The molecular formula is C44H60O16P4. The average molecular weight is 969 g/mol. The lowest BCUT2D eigenvalue weighted by Gasteiger charge is -2.30. The van der Waals surface area contributed by atoms with Gasteiger partial charge in [0.15, 0.2) is 10.8 Å². The summed E-state index contributed by atoms with van der Waals surface area (Å²) in [6, 6.07) is 17.3. The van der Waals surface area contributed by atoms with Crippen molar-refractivity contribution in [3.63, 3.8) is 0 Å². The van der Waals surface area contributed by atoms with E-state index in [1.54, 1.807) is 24.3 Å². The number of hydrogen-bond donors (Lipinski definition) is 2. The fourth-order valence-corrected chi connectivity index (χ4v) is 17.3. The van der Waals surface area contributed by atoms with Crippen LogP contribution in [0.3, 0.4) is 0 Å². The van der Waals surface area contributed by atoms with Crippen molar-refractivity contribution in [2.75, 3.05) is 70.1 Å². The van der Waals surface area contributed by atoms with E-state index in [0.29, 0.717) is 82.1 Å². The van der Waals surface area contributed by atoms with Crippen molar-refractivity contribution >= 4 is 30.4 Å². The zero-order chi connectivity index (χ0) is 47.0. The zero-order valence-corrected chi connectivity index (χ0v) is 41.6. The van der Waals surface area contributed by atoms with Gasteiger partial charge in [0, 0.05) is 82.6 Å². The first-order chi connectivity index (χ1) is 30.5. The Morgan fingerprint density at radius 3 is 0.875 bits per heavy atom. The summed E-state index contributed by atoms with van der Waals surface area (Å²) >= 11 is 0. The molecule has 4 aromatic rings. The van der Waals surface area contributed by atoms with Crippen LogP contribution in [0, 0.1) is 0 Å². The summed E-state index contributed by atoms with van der Waals surface area (Å²) < 4.78 is 114. The Balaban J connectivity index is 1.92. The largest absolute Gasteiger partial charge is 0.507 e. The number of para-hydroxylation sites is 2. The number of rotatable bonds is 20. The second-order valence-electron chi connectivity index (χ2n) is 15.0. The molecule has 8 bridgehead atoms.